The SMILES string of the molecule is CCN(Cc1ccc2c(c1)OCO2)C(=O)c1cc2ccccc2[nH]1. The Hall–Kier alpha value is -2.95. The van der Waals surface area contributed by atoms with Crippen molar-refractivity contribution in [1.82, 2.24) is 9.88 Å². The van der Waals surface area contributed by atoms with Crippen LogP contribution in [0.4, 0.5) is 0 Å². The van der Waals surface area contributed by atoms with Crippen molar-refractivity contribution in [2.24, 2.45) is 0 Å². The summed E-state index contributed by atoms with van der Waals surface area (Å²) in [7, 11) is 0. The smallest absolute Gasteiger partial charge is 0.270 e. The number of ether oxygens (including phenoxy) is 2. The maximum absolute atomic E-state index is 12.8. The number of aromatic nitrogens is 1. The average Bonchev–Trinajstić information content (AvgIpc) is 3.24. The van der Waals surface area contributed by atoms with E-state index < -0.39 is 0 Å². The Balaban J connectivity index is 1.57. The number of aromatic amines is 1. The Morgan fingerprint density at radius 3 is 2.79 bits per heavy atom. The molecule has 1 aromatic heterocycles. The number of H-pyrrole nitrogens is 1. The molecule has 1 aliphatic heterocycles. The number of carbonyl (C=O) groups excluding carboxylic acids is 1. The van der Waals surface area contributed by atoms with Crippen molar-refractivity contribution in [1.29, 1.82) is 0 Å². The Morgan fingerprint density at radius 1 is 1.12 bits per heavy atom. The highest BCUT2D eigenvalue weighted by Crippen LogP contribution is 2.32. The van der Waals surface area contributed by atoms with Crippen LogP contribution in [0.1, 0.15) is 23.0 Å². The average molecular weight is 322 g/mol. The van der Waals surface area contributed by atoms with Crippen LogP contribution >= 0.6 is 0 Å². The van der Waals surface area contributed by atoms with Crippen LogP contribution in [0, 0.1) is 0 Å². The zero-order valence-electron chi connectivity index (χ0n) is 13.4. The second kappa shape index (κ2) is 5.92. The Labute approximate surface area is 139 Å². The number of rotatable bonds is 4. The third kappa shape index (κ3) is 2.58. The molecule has 0 fully saturated rings. The van der Waals surface area contributed by atoms with Crippen molar-refractivity contribution in [3.05, 3.63) is 59.8 Å². The summed E-state index contributed by atoms with van der Waals surface area (Å²) in [4.78, 5) is 17.8. The molecule has 122 valence electrons. The molecule has 1 N–H and O–H groups in total. The summed E-state index contributed by atoms with van der Waals surface area (Å²) in [6.07, 6.45) is 0. The molecule has 0 aliphatic carbocycles. The first-order valence-corrected chi connectivity index (χ1v) is 8.00. The number of amides is 1. The zero-order valence-corrected chi connectivity index (χ0v) is 13.4. The maximum Gasteiger partial charge on any atom is 0.270 e. The van der Waals surface area contributed by atoms with Crippen LogP contribution in [0.3, 0.4) is 0 Å². The van der Waals surface area contributed by atoms with Crippen LogP contribution in [-0.4, -0.2) is 29.1 Å². The molecule has 0 unspecified atom stereocenters. The molecule has 2 heterocycles. The Kier molecular flexibility index (Phi) is 3.61. The lowest BCUT2D eigenvalue weighted by Gasteiger charge is -2.20. The van der Waals surface area contributed by atoms with E-state index in [1.54, 1.807) is 0 Å². The first-order chi connectivity index (χ1) is 11.7. The van der Waals surface area contributed by atoms with E-state index in [2.05, 4.69) is 4.98 Å². The highest BCUT2D eigenvalue weighted by molar-refractivity contribution is 5.98. The summed E-state index contributed by atoms with van der Waals surface area (Å²) in [6.45, 7) is 3.39. The molecular formula is C19H18N2O3. The second-order valence-corrected chi connectivity index (χ2v) is 5.78. The van der Waals surface area contributed by atoms with Gasteiger partial charge in [0.1, 0.15) is 5.69 Å². The molecule has 1 amide bonds. The van der Waals surface area contributed by atoms with Gasteiger partial charge < -0.3 is 19.4 Å². The molecule has 2 aromatic carbocycles. The predicted molar refractivity (Wildman–Crippen MR) is 91.3 cm³/mol. The fourth-order valence-corrected chi connectivity index (χ4v) is 2.95. The van der Waals surface area contributed by atoms with Gasteiger partial charge in [0.15, 0.2) is 11.5 Å². The molecule has 0 spiro atoms. The van der Waals surface area contributed by atoms with Gasteiger partial charge in [-0.3, -0.25) is 4.79 Å². The van der Waals surface area contributed by atoms with Crippen molar-refractivity contribution < 1.29 is 14.3 Å². The molecule has 0 saturated heterocycles. The molecule has 0 bridgehead atoms. The molecule has 1 aliphatic rings. The Bertz CT molecular complexity index is 868. The zero-order chi connectivity index (χ0) is 16.5. The van der Waals surface area contributed by atoms with Crippen molar-refractivity contribution in [3.63, 3.8) is 0 Å². The number of nitrogens with zero attached hydrogens (tertiary/aromatic N) is 1. The van der Waals surface area contributed by atoms with Crippen LogP contribution in [0.15, 0.2) is 48.5 Å². The van der Waals surface area contributed by atoms with Gasteiger partial charge in [0.05, 0.1) is 0 Å². The third-order valence-corrected chi connectivity index (χ3v) is 4.24. The number of hydrogen-bond donors (Lipinski definition) is 1. The van der Waals surface area contributed by atoms with E-state index in [1.807, 2.05) is 60.4 Å². The molecule has 5 nitrogen and oxygen atoms in total. The van der Waals surface area contributed by atoms with Gasteiger partial charge in [-0.05, 0) is 36.8 Å². The summed E-state index contributed by atoms with van der Waals surface area (Å²) < 4.78 is 10.7. The summed E-state index contributed by atoms with van der Waals surface area (Å²) in [6, 6.07) is 15.6. The largest absolute Gasteiger partial charge is 0.454 e. The maximum atomic E-state index is 12.8. The number of nitrogens with one attached hydrogen (secondary N) is 1. The molecule has 0 saturated carbocycles. The highest BCUT2D eigenvalue weighted by Gasteiger charge is 2.19. The van der Waals surface area contributed by atoms with E-state index in [9.17, 15) is 4.79 Å². The van der Waals surface area contributed by atoms with Gasteiger partial charge in [0.2, 0.25) is 6.79 Å². The van der Waals surface area contributed by atoms with E-state index in [1.165, 1.54) is 0 Å². The van der Waals surface area contributed by atoms with E-state index in [4.69, 9.17) is 9.47 Å². The summed E-state index contributed by atoms with van der Waals surface area (Å²) in [5, 5.41) is 1.04. The van der Waals surface area contributed by atoms with Gasteiger partial charge in [-0.2, -0.15) is 0 Å². The van der Waals surface area contributed by atoms with Gasteiger partial charge in [-0.25, -0.2) is 0 Å². The number of hydrogen-bond acceptors (Lipinski definition) is 3. The monoisotopic (exact) mass is 322 g/mol. The second-order valence-electron chi connectivity index (χ2n) is 5.78. The van der Waals surface area contributed by atoms with Crippen molar-refractivity contribution in [2.45, 2.75) is 13.5 Å². The van der Waals surface area contributed by atoms with Crippen LogP contribution in [0.5, 0.6) is 11.5 Å². The van der Waals surface area contributed by atoms with Crippen molar-refractivity contribution in [2.75, 3.05) is 13.3 Å². The van der Waals surface area contributed by atoms with Crippen LogP contribution in [-0.2, 0) is 6.54 Å². The van der Waals surface area contributed by atoms with Crippen molar-refractivity contribution >= 4 is 16.8 Å². The summed E-state index contributed by atoms with van der Waals surface area (Å²) in [5.74, 6) is 1.48. The molecule has 0 radical (unpaired) electrons. The van der Waals surface area contributed by atoms with E-state index in [0.29, 0.717) is 18.8 Å². The normalized spacial score (nSPS) is 12.5. The van der Waals surface area contributed by atoms with Crippen LogP contribution < -0.4 is 9.47 Å². The lowest BCUT2D eigenvalue weighted by atomic mass is 10.2. The topological polar surface area (TPSA) is 54.6 Å². The first-order valence-electron chi connectivity index (χ1n) is 8.00. The van der Waals surface area contributed by atoms with Crippen molar-refractivity contribution in [3.8, 4) is 11.5 Å². The van der Waals surface area contributed by atoms with Gasteiger partial charge >= 0.3 is 0 Å². The number of para-hydroxylation sites is 1. The standard InChI is InChI=1S/C19H18N2O3/c1-2-21(11-13-7-8-17-18(9-13)24-12-23-17)19(22)16-10-14-5-3-4-6-15(14)20-16/h3-10,20H,2,11-12H2,1H3. The highest BCUT2D eigenvalue weighted by atomic mass is 16.7. The minimum Gasteiger partial charge on any atom is -0.454 e. The molecule has 5 heteroatoms. The minimum atomic E-state index is -0.00799. The number of fused-ring (bicyclic) bond motifs is 2. The fraction of sp³-hybridized carbons (Fsp3) is 0.211. The van der Waals surface area contributed by atoms with E-state index in [-0.39, 0.29) is 12.7 Å². The fourth-order valence-electron chi connectivity index (χ4n) is 2.95. The number of carbonyl (C=O) groups is 1. The molecular weight excluding hydrogens is 304 g/mol. The predicted octanol–water partition coefficient (Wildman–Crippen LogP) is 3.56. The number of benzene rings is 2. The molecule has 0 atom stereocenters. The van der Waals surface area contributed by atoms with Gasteiger partial charge in [-0.15, -0.1) is 0 Å². The van der Waals surface area contributed by atoms with E-state index >= 15 is 0 Å². The van der Waals surface area contributed by atoms with Crippen LogP contribution in [0.25, 0.3) is 10.9 Å². The lowest BCUT2D eigenvalue weighted by molar-refractivity contribution is 0.0747. The van der Waals surface area contributed by atoms with Gasteiger partial charge in [-0.1, -0.05) is 24.3 Å². The lowest BCUT2D eigenvalue weighted by Crippen LogP contribution is -2.30. The van der Waals surface area contributed by atoms with Gasteiger partial charge in [0, 0.05) is 24.0 Å². The molecule has 4 rings (SSSR count). The quantitative estimate of drug-likeness (QED) is 0.799. The molecule has 24 heavy (non-hydrogen) atoms. The first kappa shape index (κ1) is 14.6. The van der Waals surface area contributed by atoms with Gasteiger partial charge in [0.25, 0.3) is 5.91 Å². The summed E-state index contributed by atoms with van der Waals surface area (Å²) in [5.41, 5.74) is 2.60. The Morgan fingerprint density at radius 2 is 1.96 bits per heavy atom. The van der Waals surface area contributed by atoms with Crippen LogP contribution in [0.2, 0.25) is 0 Å². The van der Waals surface area contributed by atoms with E-state index in [0.717, 1.165) is 28.0 Å². The minimum absolute atomic E-state index is 0.00799. The summed E-state index contributed by atoms with van der Waals surface area (Å²) >= 11 is 0. The third-order valence-electron chi connectivity index (χ3n) is 4.24. The molecule has 3 aromatic rings.